The van der Waals surface area contributed by atoms with Crippen molar-refractivity contribution in [2.24, 2.45) is 0 Å². The summed E-state index contributed by atoms with van der Waals surface area (Å²) < 4.78 is 31.0. The van der Waals surface area contributed by atoms with Gasteiger partial charge in [-0.2, -0.15) is 4.31 Å². The van der Waals surface area contributed by atoms with E-state index in [1.807, 2.05) is 0 Å². The number of amides is 1. The Balaban J connectivity index is 1.97. The molecular formula is C16H22N2O5S. The van der Waals surface area contributed by atoms with Crippen molar-refractivity contribution < 1.29 is 22.7 Å². The van der Waals surface area contributed by atoms with E-state index in [1.54, 1.807) is 12.1 Å². The first-order valence-corrected chi connectivity index (χ1v) is 9.34. The van der Waals surface area contributed by atoms with Crippen LogP contribution in [0, 0.1) is 0 Å². The average molecular weight is 354 g/mol. The number of sulfonamides is 1. The Hall–Kier alpha value is -1.93. The van der Waals surface area contributed by atoms with Crippen LogP contribution in [0.15, 0.2) is 29.2 Å². The Morgan fingerprint density at radius 1 is 1.08 bits per heavy atom. The van der Waals surface area contributed by atoms with Gasteiger partial charge in [-0.3, -0.25) is 9.59 Å². The molecule has 1 fully saturated rings. The minimum absolute atomic E-state index is 0.00373. The van der Waals surface area contributed by atoms with Crippen molar-refractivity contribution in [3.63, 3.8) is 0 Å². The number of piperidine rings is 1. The van der Waals surface area contributed by atoms with Crippen molar-refractivity contribution in [2.75, 3.05) is 25.5 Å². The van der Waals surface area contributed by atoms with Gasteiger partial charge in [0.1, 0.15) is 0 Å². The summed E-state index contributed by atoms with van der Waals surface area (Å²) in [5.74, 6) is -0.778. The second kappa shape index (κ2) is 8.25. The third-order valence-electron chi connectivity index (χ3n) is 3.87. The molecule has 1 aromatic rings. The molecule has 1 aliphatic heterocycles. The van der Waals surface area contributed by atoms with Crippen LogP contribution in [0.1, 0.15) is 32.1 Å². The summed E-state index contributed by atoms with van der Waals surface area (Å²) >= 11 is 0. The highest BCUT2D eigenvalue weighted by Gasteiger charge is 2.25. The number of carbonyl (C=O) groups excluding carboxylic acids is 2. The molecule has 132 valence electrons. The van der Waals surface area contributed by atoms with E-state index in [9.17, 15) is 18.0 Å². The molecule has 1 N–H and O–H groups in total. The van der Waals surface area contributed by atoms with Crippen LogP contribution in [0.25, 0.3) is 0 Å². The third kappa shape index (κ3) is 4.78. The van der Waals surface area contributed by atoms with E-state index in [0.717, 1.165) is 19.3 Å². The number of anilines is 1. The minimum atomic E-state index is -3.47. The molecule has 7 nitrogen and oxygen atoms in total. The van der Waals surface area contributed by atoms with E-state index in [4.69, 9.17) is 0 Å². The number of rotatable bonds is 6. The number of hydrogen-bond acceptors (Lipinski definition) is 5. The number of ether oxygens (including phenoxy) is 1. The van der Waals surface area contributed by atoms with Crippen LogP contribution >= 0.6 is 0 Å². The molecule has 8 heteroatoms. The second-order valence-corrected chi connectivity index (χ2v) is 7.55. The van der Waals surface area contributed by atoms with E-state index in [2.05, 4.69) is 10.1 Å². The lowest BCUT2D eigenvalue weighted by molar-refractivity contribution is -0.141. The zero-order chi connectivity index (χ0) is 17.6. The van der Waals surface area contributed by atoms with Gasteiger partial charge in [-0.15, -0.1) is 0 Å². The first kappa shape index (κ1) is 18.4. The van der Waals surface area contributed by atoms with E-state index in [0.29, 0.717) is 18.8 Å². The lowest BCUT2D eigenvalue weighted by Crippen LogP contribution is -2.35. The molecule has 2 rings (SSSR count). The Bertz CT molecular complexity index is 679. The van der Waals surface area contributed by atoms with Gasteiger partial charge in [0.25, 0.3) is 0 Å². The third-order valence-corrected chi connectivity index (χ3v) is 5.79. The number of methoxy groups -OCH3 is 1. The van der Waals surface area contributed by atoms with Crippen molar-refractivity contribution in [1.82, 2.24) is 4.31 Å². The van der Waals surface area contributed by atoms with Gasteiger partial charge in [-0.05, 0) is 37.1 Å². The lowest BCUT2D eigenvalue weighted by Gasteiger charge is -2.25. The van der Waals surface area contributed by atoms with Crippen molar-refractivity contribution in [2.45, 2.75) is 37.0 Å². The summed E-state index contributed by atoms with van der Waals surface area (Å²) in [4.78, 5) is 22.9. The highest BCUT2D eigenvalue weighted by Crippen LogP contribution is 2.22. The van der Waals surface area contributed by atoms with Gasteiger partial charge < -0.3 is 10.1 Å². The van der Waals surface area contributed by atoms with Gasteiger partial charge in [-0.25, -0.2) is 8.42 Å². The second-order valence-electron chi connectivity index (χ2n) is 5.61. The van der Waals surface area contributed by atoms with Crippen molar-refractivity contribution in [3.05, 3.63) is 24.3 Å². The van der Waals surface area contributed by atoms with Crippen molar-refractivity contribution in [1.29, 1.82) is 0 Å². The summed E-state index contributed by atoms with van der Waals surface area (Å²) in [5.41, 5.74) is 0.488. The maximum Gasteiger partial charge on any atom is 0.306 e. The number of carbonyl (C=O) groups is 2. The van der Waals surface area contributed by atoms with Crippen LogP contribution < -0.4 is 5.32 Å². The van der Waals surface area contributed by atoms with E-state index in [1.165, 1.54) is 23.5 Å². The van der Waals surface area contributed by atoms with Crippen LogP contribution in [-0.2, 0) is 24.3 Å². The Kier molecular flexibility index (Phi) is 6.33. The van der Waals surface area contributed by atoms with Crippen LogP contribution in [0.2, 0.25) is 0 Å². The Labute approximate surface area is 142 Å². The molecule has 0 saturated carbocycles. The predicted octanol–water partition coefficient (Wildman–Crippen LogP) is 1.75. The monoisotopic (exact) mass is 354 g/mol. The smallest absolute Gasteiger partial charge is 0.306 e. The van der Waals surface area contributed by atoms with E-state index in [-0.39, 0.29) is 23.6 Å². The topological polar surface area (TPSA) is 92.8 Å². The fourth-order valence-corrected chi connectivity index (χ4v) is 4.02. The minimum Gasteiger partial charge on any atom is -0.469 e. The van der Waals surface area contributed by atoms with E-state index < -0.39 is 16.0 Å². The van der Waals surface area contributed by atoms with Gasteiger partial charge in [0, 0.05) is 25.2 Å². The number of benzene rings is 1. The fourth-order valence-electron chi connectivity index (χ4n) is 2.51. The van der Waals surface area contributed by atoms with Gasteiger partial charge in [-0.1, -0.05) is 6.42 Å². The quantitative estimate of drug-likeness (QED) is 0.786. The average Bonchev–Trinajstić information content (AvgIpc) is 2.61. The van der Waals surface area contributed by atoms with Crippen LogP contribution in [0.3, 0.4) is 0 Å². The molecule has 0 aromatic heterocycles. The van der Waals surface area contributed by atoms with Crippen molar-refractivity contribution in [3.8, 4) is 0 Å². The van der Waals surface area contributed by atoms with Crippen LogP contribution in [0.5, 0.6) is 0 Å². The van der Waals surface area contributed by atoms with Crippen LogP contribution in [-0.4, -0.2) is 44.8 Å². The highest BCUT2D eigenvalue weighted by atomic mass is 32.2. The molecule has 1 aromatic carbocycles. The Morgan fingerprint density at radius 2 is 1.71 bits per heavy atom. The molecule has 0 unspecified atom stereocenters. The van der Waals surface area contributed by atoms with Gasteiger partial charge in [0.15, 0.2) is 0 Å². The first-order valence-electron chi connectivity index (χ1n) is 7.90. The largest absolute Gasteiger partial charge is 0.469 e. The molecule has 0 spiro atoms. The standard InChI is InChI=1S/C16H22N2O5S/c1-23-16(20)10-9-15(19)17-13-5-7-14(8-6-13)24(21,22)18-11-3-2-4-12-18/h5-8H,2-4,9-12H2,1H3,(H,17,19). The molecule has 0 bridgehead atoms. The normalized spacial score (nSPS) is 15.7. The number of nitrogens with zero attached hydrogens (tertiary/aromatic N) is 1. The van der Waals surface area contributed by atoms with Gasteiger partial charge >= 0.3 is 5.97 Å². The Morgan fingerprint density at radius 3 is 2.29 bits per heavy atom. The SMILES string of the molecule is COC(=O)CCC(=O)Nc1ccc(S(=O)(=O)N2CCCCC2)cc1. The maximum absolute atomic E-state index is 12.5. The van der Waals surface area contributed by atoms with E-state index >= 15 is 0 Å². The van der Waals surface area contributed by atoms with Gasteiger partial charge in [0.2, 0.25) is 15.9 Å². The van der Waals surface area contributed by atoms with Crippen LogP contribution in [0.4, 0.5) is 5.69 Å². The highest BCUT2D eigenvalue weighted by molar-refractivity contribution is 7.89. The molecule has 1 saturated heterocycles. The summed E-state index contributed by atoms with van der Waals surface area (Å²) in [6, 6.07) is 6.07. The summed E-state index contributed by atoms with van der Waals surface area (Å²) in [5, 5.41) is 2.62. The zero-order valence-corrected chi connectivity index (χ0v) is 14.5. The lowest BCUT2D eigenvalue weighted by atomic mass is 10.2. The fraction of sp³-hybridized carbons (Fsp3) is 0.500. The first-order chi connectivity index (χ1) is 11.4. The molecule has 0 aliphatic carbocycles. The predicted molar refractivity (Wildman–Crippen MR) is 88.9 cm³/mol. The number of nitrogens with one attached hydrogen (secondary N) is 1. The molecular weight excluding hydrogens is 332 g/mol. The van der Waals surface area contributed by atoms with Gasteiger partial charge in [0.05, 0.1) is 18.4 Å². The maximum atomic E-state index is 12.5. The summed E-state index contributed by atoms with van der Waals surface area (Å²) in [6.45, 7) is 1.10. The molecule has 0 atom stereocenters. The molecule has 1 aliphatic rings. The molecule has 1 heterocycles. The number of esters is 1. The molecule has 0 radical (unpaired) electrons. The zero-order valence-electron chi connectivity index (χ0n) is 13.7. The molecule has 24 heavy (non-hydrogen) atoms. The number of hydrogen-bond donors (Lipinski definition) is 1. The summed E-state index contributed by atoms with van der Waals surface area (Å²) in [7, 11) is -2.21. The summed E-state index contributed by atoms with van der Waals surface area (Å²) in [6.07, 6.45) is 2.84. The van der Waals surface area contributed by atoms with Crippen molar-refractivity contribution >= 4 is 27.6 Å². The molecule has 1 amide bonds.